The van der Waals surface area contributed by atoms with E-state index in [1.807, 2.05) is 37.3 Å². The maximum Gasteiger partial charge on any atom is 0.234 e. The highest BCUT2D eigenvalue weighted by molar-refractivity contribution is 7.99. The lowest BCUT2D eigenvalue weighted by Crippen LogP contribution is -2.15. The summed E-state index contributed by atoms with van der Waals surface area (Å²) in [6.07, 6.45) is 0. The molecule has 0 unspecified atom stereocenters. The lowest BCUT2D eigenvalue weighted by atomic mass is 10.2. The number of hydrogen-bond acceptors (Lipinski definition) is 6. The van der Waals surface area contributed by atoms with Crippen LogP contribution in [0.3, 0.4) is 0 Å². The normalized spacial score (nSPS) is 10.2. The van der Waals surface area contributed by atoms with E-state index in [9.17, 15) is 4.79 Å². The molecule has 0 spiro atoms. The van der Waals surface area contributed by atoms with Crippen LogP contribution in [0.4, 0.5) is 5.69 Å². The Bertz CT molecular complexity index is 946. The number of rotatable bonds is 5. The van der Waals surface area contributed by atoms with Crippen LogP contribution in [0.2, 0.25) is 0 Å². The monoisotopic (exact) mass is 350 g/mol. The molecule has 0 fully saturated rings. The van der Waals surface area contributed by atoms with E-state index in [0.29, 0.717) is 16.4 Å². The molecule has 0 aliphatic rings. The summed E-state index contributed by atoms with van der Waals surface area (Å²) >= 11 is 1.23. The molecule has 1 heterocycles. The number of para-hydroxylation sites is 2. The fourth-order valence-corrected chi connectivity index (χ4v) is 2.91. The molecular formula is C17H14N6OS. The predicted octanol–water partition coefficient (Wildman–Crippen LogP) is 2.57. The van der Waals surface area contributed by atoms with E-state index >= 15 is 0 Å². The quantitative estimate of drug-likeness (QED) is 0.711. The van der Waals surface area contributed by atoms with Gasteiger partial charge < -0.3 is 5.32 Å². The second-order valence-electron chi connectivity index (χ2n) is 5.15. The molecule has 1 amide bonds. The predicted molar refractivity (Wildman–Crippen MR) is 94.4 cm³/mol. The minimum absolute atomic E-state index is 0.131. The number of nitrogens with one attached hydrogen (secondary N) is 1. The maximum absolute atomic E-state index is 12.2. The number of thioether (sulfide) groups is 1. The second kappa shape index (κ2) is 7.59. The third-order valence-electron chi connectivity index (χ3n) is 3.44. The van der Waals surface area contributed by atoms with E-state index in [2.05, 4.69) is 20.8 Å². The number of anilines is 1. The van der Waals surface area contributed by atoms with Gasteiger partial charge in [-0.25, -0.2) is 0 Å². The summed E-state index contributed by atoms with van der Waals surface area (Å²) in [7, 11) is 0. The highest BCUT2D eigenvalue weighted by Gasteiger charge is 2.13. The van der Waals surface area contributed by atoms with Crippen molar-refractivity contribution < 1.29 is 4.79 Å². The summed E-state index contributed by atoms with van der Waals surface area (Å²) in [4.78, 5) is 12.2. The molecule has 8 heteroatoms. The Morgan fingerprint density at radius 1 is 1.24 bits per heavy atom. The summed E-state index contributed by atoms with van der Waals surface area (Å²) in [5.74, 6) is -0.0986. The van der Waals surface area contributed by atoms with Crippen LogP contribution >= 0.6 is 11.8 Å². The van der Waals surface area contributed by atoms with Crippen LogP contribution in [-0.4, -0.2) is 31.9 Å². The standard InChI is InChI=1S/C17H14N6OS/c1-12-6-2-5-9-15(12)23-17(20-21-22-23)25-11-16(24)19-14-8-4-3-7-13(14)10-18/h2-9H,11H2,1H3,(H,19,24). The highest BCUT2D eigenvalue weighted by Crippen LogP contribution is 2.21. The van der Waals surface area contributed by atoms with Gasteiger partial charge >= 0.3 is 0 Å². The zero-order valence-electron chi connectivity index (χ0n) is 13.4. The molecule has 7 nitrogen and oxygen atoms in total. The number of nitriles is 1. The number of benzene rings is 2. The molecule has 0 aliphatic carbocycles. The Balaban J connectivity index is 1.69. The average molecular weight is 350 g/mol. The van der Waals surface area contributed by atoms with E-state index < -0.39 is 0 Å². The minimum atomic E-state index is -0.230. The van der Waals surface area contributed by atoms with Crippen LogP contribution in [0, 0.1) is 18.3 Å². The number of hydrogen-bond donors (Lipinski definition) is 1. The van der Waals surface area contributed by atoms with Gasteiger partial charge in [-0.15, -0.1) is 5.10 Å². The molecule has 1 aromatic heterocycles. The van der Waals surface area contributed by atoms with Crippen molar-refractivity contribution in [1.82, 2.24) is 20.2 Å². The molecule has 0 atom stereocenters. The first kappa shape index (κ1) is 16.7. The number of carbonyl (C=O) groups is 1. The summed E-state index contributed by atoms with van der Waals surface area (Å²) in [6, 6.07) is 16.6. The van der Waals surface area contributed by atoms with Crippen molar-refractivity contribution in [2.24, 2.45) is 0 Å². The van der Waals surface area contributed by atoms with Crippen LogP contribution in [-0.2, 0) is 4.79 Å². The molecule has 25 heavy (non-hydrogen) atoms. The van der Waals surface area contributed by atoms with Crippen molar-refractivity contribution >= 4 is 23.4 Å². The minimum Gasteiger partial charge on any atom is -0.324 e. The SMILES string of the molecule is Cc1ccccc1-n1nnnc1SCC(=O)Nc1ccccc1C#N. The van der Waals surface area contributed by atoms with Gasteiger partial charge in [0.25, 0.3) is 0 Å². The van der Waals surface area contributed by atoms with Gasteiger partial charge in [0.2, 0.25) is 11.1 Å². The molecule has 0 aliphatic heterocycles. The molecule has 1 N–H and O–H groups in total. The van der Waals surface area contributed by atoms with Crippen molar-refractivity contribution in [1.29, 1.82) is 5.26 Å². The van der Waals surface area contributed by atoms with Gasteiger partial charge in [-0.1, -0.05) is 42.1 Å². The van der Waals surface area contributed by atoms with Crippen molar-refractivity contribution in [2.45, 2.75) is 12.1 Å². The molecule has 0 saturated heterocycles. The highest BCUT2D eigenvalue weighted by atomic mass is 32.2. The average Bonchev–Trinajstić information content (AvgIpc) is 3.09. The number of aromatic nitrogens is 4. The Morgan fingerprint density at radius 2 is 2.00 bits per heavy atom. The number of tetrazole rings is 1. The van der Waals surface area contributed by atoms with Crippen LogP contribution in [0.1, 0.15) is 11.1 Å². The van der Waals surface area contributed by atoms with E-state index in [-0.39, 0.29) is 11.7 Å². The van der Waals surface area contributed by atoms with Gasteiger partial charge in [0.05, 0.1) is 22.7 Å². The molecule has 2 aromatic carbocycles. The lowest BCUT2D eigenvalue weighted by molar-refractivity contribution is -0.113. The summed E-state index contributed by atoms with van der Waals surface area (Å²) in [5.41, 5.74) is 2.81. The van der Waals surface area contributed by atoms with Crippen molar-refractivity contribution in [3.05, 3.63) is 59.7 Å². The van der Waals surface area contributed by atoms with E-state index in [4.69, 9.17) is 5.26 Å². The van der Waals surface area contributed by atoms with Gasteiger partial charge in [0, 0.05) is 0 Å². The molecule has 3 aromatic rings. The van der Waals surface area contributed by atoms with E-state index in [0.717, 1.165) is 11.3 Å². The largest absolute Gasteiger partial charge is 0.324 e. The zero-order valence-corrected chi connectivity index (χ0v) is 14.2. The van der Waals surface area contributed by atoms with Crippen molar-refractivity contribution in [3.63, 3.8) is 0 Å². The third kappa shape index (κ3) is 3.84. The summed E-state index contributed by atoms with van der Waals surface area (Å²) in [5, 5.41) is 24.0. The van der Waals surface area contributed by atoms with Crippen LogP contribution in [0.5, 0.6) is 0 Å². The van der Waals surface area contributed by atoms with Crippen molar-refractivity contribution in [3.8, 4) is 11.8 Å². The number of nitrogens with zero attached hydrogens (tertiary/aromatic N) is 5. The fourth-order valence-electron chi connectivity index (χ4n) is 2.23. The smallest absolute Gasteiger partial charge is 0.234 e. The van der Waals surface area contributed by atoms with Gasteiger partial charge in [-0.3, -0.25) is 4.79 Å². The summed E-state index contributed by atoms with van der Waals surface area (Å²) in [6.45, 7) is 1.97. The van der Waals surface area contributed by atoms with Gasteiger partial charge in [-0.05, 0) is 41.1 Å². The molecular weight excluding hydrogens is 336 g/mol. The van der Waals surface area contributed by atoms with Gasteiger partial charge in [0.15, 0.2) is 0 Å². The number of carbonyl (C=O) groups excluding carboxylic acids is 1. The first-order chi connectivity index (χ1) is 12.2. The first-order valence-electron chi connectivity index (χ1n) is 7.45. The zero-order chi connectivity index (χ0) is 17.6. The van der Waals surface area contributed by atoms with E-state index in [1.165, 1.54) is 11.8 Å². The Morgan fingerprint density at radius 3 is 2.80 bits per heavy atom. The molecule has 124 valence electrons. The summed E-state index contributed by atoms with van der Waals surface area (Å²) < 4.78 is 1.61. The molecule has 3 rings (SSSR count). The van der Waals surface area contributed by atoms with Crippen LogP contribution < -0.4 is 5.32 Å². The second-order valence-corrected chi connectivity index (χ2v) is 6.10. The molecule has 0 radical (unpaired) electrons. The van der Waals surface area contributed by atoms with Gasteiger partial charge in [0.1, 0.15) is 6.07 Å². The Kier molecular flexibility index (Phi) is 5.06. The maximum atomic E-state index is 12.2. The number of amides is 1. The third-order valence-corrected chi connectivity index (χ3v) is 4.36. The molecule has 0 bridgehead atoms. The van der Waals surface area contributed by atoms with Crippen LogP contribution in [0.25, 0.3) is 5.69 Å². The number of aryl methyl sites for hydroxylation is 1. The fraction of sp³-hybridized carbons (Fsp3) is 0.118. The molecule has 0 saturated carbocycles. The van der Waals surface area contributed by atoms with Crippen molar-refractivity contribution in [2.75, 3.05) is 11.1 Å². The van der Waals surface area contributed by atoms with Gasteiger partial charge in [-0.2, -0.15) is 9.94 Å². The topological polar surface area (TPSA) is 96.5 Å². The van der Waals surface area contributed by atoms with E-state index in [1.54, 1.807) is 28.9 Å². The Labute approximate surface area is 148 Å². The first-order valence-corrected chi connectivity index (χ1v) is 8.44. The van der Waals surface area contributed by atoms with Crippen LogP contribution in [0.15, 0.2) is 53.7 Å². The lowest BCUT2D eigenvalue weighted by Gasteiger charge is -2.08. The Hall–Kier alpha value is -3.18.